The fourth-order valence-corrected chi connectivity index (χ4v) is 1.99. The molecule has 1 nitrogen and oxygen atoms in total. The zero-order valence-corrected chi connectivity index (χ0v) is 14.3. The summed E-state index contributed by atoms with van der Waals surface area (Å²) in [6.45, 7) is 8.32. The van der Waals surface area contributed by atoms with E-state index in [0.29, 0.717) is 0 Å². The minimum Gasteiger partial charge on any atom is -0.457 e. The van der Waals surface area contributed by atoms with Crippen molar-refractivity contribution in [2.45, 2.75) is 27.7 Å². The van der Waals surface area contributed by atoms with Gasteiger partial charge in [0.1, 0.15) is 11.5 Å². The summed E-state index contributed by atoms with van der Waals surface area (Å²) in [5.74, 6) is 1.76. The molecule has 0 amide bonds. The van der Waals surface area contributed by atoms with Crippen molar-refractivity contribution in [3.05, 3.63) is 95.1 Å². The first kappa shape index (κ1) is 16.8. The van der Waals surface area contributed by atoms with Crippen LogP contribution in [0.15, 0.2) is 72.8 Å². The Labute approximate surface area is 139 Å². The number of hydrogen-bond acceptors (Lipinski definition) is 1. The van der Waals surface area contributed by atoms with Crippen LogP contribution in [-0.2, 0) is 0 Å². The fraction of sp³-hybridized carbons (Fsp3) is 0.182. The second-order valence-corrected chi connectivity index (χ2v) is 5.88. The first-order valence-corrected chi connectivity index (χ1v) is 7.87. The van der Waals surface area contributed by atoms with Crippen LogP contribution in [0.1, 0.15) is 22.3 Å². The first-order chi connectivity index (χ1) is 11.0. The third-order valence-electron chi connectivity index (χ3n) is 3.50. The van der Waals surface area contributed by atoms with Gasteiger partial charge in [-0.25, -0.2) is 0 Å². The van der Waals surface area contributed by atoms with Crippen LogP contribution in [0.25, 0.3) is 0 Å². The maximum atomic E-state index is 5.69. The van der Waals surface area contributed by atoms with E-state index in [1.807, 2.05) is 48.5 Å². The normalized spacial score (nSPS) is 9.74. The topological polar surface area (TPSA) is 9.23 Å². The van der Waals surface area contributed by atoms with Gasteiger partial charge in [-0.05, 0) is 52.0 Å². The van der Waals surface area contributed by atoms with Gasteiger partial charge >= 0.3 is 0 Å². The summed E-state index contributed by atoms with van der Waals surface area (Å²) in [6, 6.07) is 24.6. The number of benzene rings is 3. The highest BCUT2D eigenvalue weighted by atomic mass is 16.5. The van der Waals surface area contributed by atoms with Crippen molar-refractivity contribution in [1.82, 2.24) is 0 Å². The number of ether oxygens (including phenoxy) is 1. The van der Waals surface area contributed by atoms with Gasteiger partial charge in [-0.1, -0.05) is 70.8 Å². The lowest BCUT2D eigenvalue weighted by Gasteiger charge is -2.05. The molecule has 0 fully saturated rings. The minimum atomic E-state index is 0.879. The van der Waals surface area contributed by atoms with Gasteiger partial charge in [0.25, 0.3) is 0 Å². The summed E-state index contributed by atoms with van der Waals surface area (Å²) < 4.78 is 5.69. The molecule has 0 heterocycles. The Hall–Kier alpha value is -2.54. The Balaban J connectivity index is 0.000000203. The number of rotatable bonds is 2. The molecule has 0 saturated heterocycles. The monoisotopic (exact) mass is 304 g/mol. The summed E-state index contributed by atoms with van der Waals surface area (Å²) in [4.78, 5) is 0. The molecule has 3 rings (SSSR count). The van der Waals surface area contributed by atoms with Crippen LogP contribution in [0.2, 0.25) is 0 Å². The third-order valence-corrected chi connectivity index (χ3v) is 3.50. The van der Waals surface area contributed by atoms with Crippen LogP contribution in [0.3, 0.4) is 0 Å². The Kier molecular flexibility index (Phi) is 5.99. The van der Waals surface area contributed by atoms with Crippen molar-refractivity contribution < 1.29 is 4.74 Å². The van der Waals surface area contributed by atoms with Crippen LogP contribution in [-0.4, -0.2) is 0 Å². The molecule has 23 heavy (non-hydrogen) atoms. The molecule has 3 aromatic rings. The highest BCUT2D eigenvalue weighted by Crippen LogP contribution is 2.21. The Morgan fingerprint density at radius 2 is 0.609 bits per heavy atom. The van der Waals surface area contributed by atoms with Crippen molar-refractivity contribution in [2.75, 3.05) is 0 Å². The summed E-state index contributed by atoms with van der Waals surface area (Å²) in [5, 5.41) is 0. The molecule has 118 valence electrons. The van der Waals surface area contributed by atoms with E-state index >= 15 is 0 Å². The lowest BCUT2D eigenvalue weighted by molar-refractivity contribution is 0.482. The Morgan fingerprint density at radius 3 is 0.870 bits per heavy atom. The molecule has 0 spiro atoms. The largest absolute Gasteiger partial charge is 0.457 e. The van der Waals surface area contributed by atoms with Crippen LogP contribution in [0.5, 0.6) is 11.5 Å². The van der Waals surface area contributed by atoms with E-state index in [4.69, 9.17) is 4.74 Å². The fourth-order valence-electron chi connectivity index (χ4n) is 1.99. The molecule has 0 N–H and O–H groups in total. The molecule has 0 aromatic heterocycles. The average Bonchev–Trinajstić information content (AvgIpc) is 2.55. The zero-order valence-electron chi connectivity index (χ0n) is 14.3. The second kappa shape index (κ2) is 8.19. The number of hydrogen-bond donors (Lipinski definition) is 0. The van der Waals surface area contributed by atoms with Crippen LogP contribution in [0.4, 0.5) is 0 Å². The maximum Gasteiger partial charge on any atom is 0.127 e. The molecule has 3 aromatic carbocycles. The van der Waals surface area contributed by atoms with Gasteiger partial charge in [0.05, 0.1) is 0 Å². The molecule has 0 aliphatic heterocycles. The molecule has 0 aliphatic rings. The van der Waals surface area contributed by atoms with Crippen molar-refractivity contribution >= 4 is 0 Å². The molecule has 0 atom stereocenters. The summed E-state index contributed by atoms with van der Waals surface area (Å²) in [7, 11) is 0. The van der Waals surface area contributed by atoms with E-state index in [1.165, 1.54) is 22.3 Å². The summed E-state index contributed by atoms with van der Waals surface area (Å²) >= 11 is 0. The van der Waals surface area contributed by atoms with E-state index in [1.54, 1.807) is 0 Å². The minimum absolute atomic E-state index is 0.879. The summed E-state index contributed by atoms with van der Waals surface area (Å²) in [5.41, 5.74) is 5.14. The van der Waals surface area contributed by atoms with Crippen molar-refractivity contribution in [3.8, 4) is 11.5 Å². The average molecular weight is 304 g/mol. The predicted octanol–water partition coefficient (Wildman–Crippen LogP) is 6.40. The SMILES string of the molecule is Cc1ccc(C)cc1.Cc1ccc(Oc2ccc(C)cc2)cc1. The molecular weight excluding hydrogens is 280 g/mol. The van der Waals surface area contributed by atoms with E-state index in [-0.39, 0.29) is 0 Å². The van der Waals surface area contributed by atoms with Crippen molar-refractivity contribution in [3.63, 3.8) is 0 Å². The van der Waals surface area contributed by atoms with Gasteiger partial charge in [0.2, 0.25) is 0 Å². The lowest BCUT2D eigenvalue weighted by atomic mass is 10.2. The highest BCUT2D eigenvalue weighted by molar-refractivity contribution is 5.33. The molecule has 0 bridgehead atoms. The van der Waals surface area contributed by atoms with Gasteiger partial charge in [-0.2, -0.15) is 0 Å². The van der Waals surface area contributed by atoms with Crippen molar-refractivity contribution in [2.24, 2.45) is 0 Å². The van der Waals surface area contributed by atoms with Crippen LogP contribution < -0.4 is 4.74 Å². The predicted molar refractivity (Wildman–Crippen MR) is 98.3 cm³/mol. The van der Waals surface area contributed by atoms with E-state index in [0.717, 1.165) is 11.5 Å². The molecule has 0 unspecified atom stereocenters. The maximum absolute atomic E-state index is 5.69. The van der Waals surface area contributed by atoms with Gasteiger partial charge in [-0.3, -0.25) is 0 Å². The third kappa shape index (κ3) is 5.99. The standard InChI is InChI=1S/C14H14O.C8H10/c1-11-3-7-13(8-4-11)15-14-9-5-12(2)6-10-14;1-7-3-5-8(2)6-4-7/h3-10H,1-2H3;3-6H,1-2H3. The van der Waals surface area contributed by atoms with Crippen LogP contribution >= 0.6 is 0 Å². The molecule has 0 radical (unpaired) electrons. The van der Waals surface area contributed by atoms with E-state index < -0.39 is 0 Å². The molecular formula is C22H24O. The highest BCUT2D eigenvalue weighted by Gasteiger charge is 1.95. The van der Waals surface area contributed by atoms with Crippen LogP contribution in [0, 0.1) is 27.7 Å². The van der Waals surface area contributed by atoms with E-state index in [9.17, 15) is 0 Å². The zero-order chi connectivity index (χ0) is 16.7. The number of aryl methyl sites for hydroxylation is 4. The Bertz CT molecular complexity index is 643. The quantitative estimate of drug-likeness (QED) is 0.532. The molecule has 0 saturated carbocycles. The second-order valence-electron chi connectivity index (χ2n) is 5.88. The van der Waals surface area contributed by atoms with E-state index in [2.05, 4.69) is 52.0 Å². The van der Waals surface area contributed by atoms with Gasteiger partial charge in [-0.15, -0.1) is 0 Å². The first-order valence-electron chi connectivity index (χ1n) is 7.87. The molecule has 1 heteroatoms. The van der Waals surface area contributed by atoms with Gasteiger partial charge < -0.3 is 4.74 Å². The van der Waals surface area contributed by atoms with Gasteiger partial charge in [0, 0.05) is 0 Å². The summed E-state index contributed by atoms with van der Waals surface area (Å²) in [6.07, 6.45) is 0. The smallest absolute Gasteiger partial charge is 0.127 e. The lowest BCUT2D eigenvalue weighted by Crippen LogP contribution is -1.84. The van der Waals surface area contributed by atoms with Gasteiger partial charge in [0.15, 0.2) is 0 Å². The molecule has 0 aliphatic carbocycles. The Morgan fingerprint density at radius 1 is 0.391 bits per heavy atom. The van der Waals surface area contributed by atoms with Crippen molar-refractivity contribution in [1.29, 1.82) is 0 Å².